The molecule has 4 N–H and O–H groups in total. The van der Waals surface area contributed by atoms with E-state index in [0.29, 0.717) is 13.1 Å². The van der Waals surface area contributed by atoms with Crippen LogP contribution < -0.4 is 21.3 Å². The maximum Gasteiger partial charge on any atom is 0.315 e. The molecule has 1 unspecified atom stereocenters. The molecule has 38 heavy (non-hydrogen) atoms. The van der Waals surface area contributed by atoms with E-state index in [2.05, 4.69) is 53.5 Å². The molecule has 0 aliphatic rings. The summed E-state index contributed by atoms with van der Waals surface area (Å²) in [6, 6.07) is 15.8. The molecule has 0 radical (unpaired) electrons. The summed E-state index contributed by atoms with van der Waals surface area (Å²) in [5.74, 6) is 0.279. The molecule has 6 heteroatoms. The van der Waals surface area contributed by atoms with Crippen LogP contribution in [-0.2, 0) is 11.1 Å². The molecule has 0 fully saturated rings. The van der Waals surface area contributed by atoms with Gasteiger partial charge in [-0.2, -0.15) is 0 Å². The first kappa shape index (κ1) is 30.7. The van der Waals surface area contributed by atoms with E-state index in [-0.39, 0.29) is 18.0 Å². The Morgan fingerprint density at radius 3 is 1.68 bits per heavy atom. The number of hydrogen-bond donors (Lipinski definition) is 4. The quantitative estimate of drug-likeness (QED) is 0.230. The Balaban J connectivity index is 1.72. The number of carbonyl (C=O) groups is 2. The molecular weight excluding hydrogens is 472 g/mol. The predicted molar refractivity (Wildman–Crippen MR) is 160 cm³/mol. The molecule has 0 aromatic heterocycles. The predicted octanol–water partition coefficient (Wildman–Crippen LogP) is 6.94. The zero-order valence-electron chi connectivity index (χ0n) is 24.3. The lowest BCUT2D eigenvalue weighted by molar-refractivity contribution is 0.228. The van der Waals surface area contributed by atoms with Crippen LogP contribution in [0.15, 0.2) is 61.7 Å². The monoisotopic (exact) mass is 518 g/mol. The Bertz CT molecular complexity index is 1150. The van der Waals surface area contributed by atoms with Gasteiger partial charge in [-0.15, -0.1) is 0 Å². The van der Waals surface area contributed by atoms with Gasteiger partial charge in [-0.3, -0.25) is 0 Å². The lowest BCUT2D eigenvalue weighted by atomic mass is 9.92. The topological polar surface area (TPSA) is 82.3 Å². The fraction of sp³-hybridized carbons (Fsp3) is 0.438. The van der Waals surface area contributed by atoms with Crippen molar-refractivity contribution in [2.75, 3.05) is 13.1 Å². The minimum absolute atomic E-state index is 0.196. The standard InChI is InChI=1S/C32H46N4O2/c1-22(2)25-14-10-16-27(19-25)31(6,7)35-29(37)33-18-12-13-24(5)21-34-30(38)36-32(8,9)28-17-11-15-26(20-28)23(3)4/h10-11,14-17,19-20,24H,1,3,12-13,18,21H2,2,4-9H3,(H2,33,35,37)(H2,34,36,38). The number of amides is 4. The highest BCUT2D eigenvalue weighted by atomic mass is 16.2. The van der Waals surface area contributed by atoms with Crippen molar-refractivity contribution in [3.8, 4) is 0 Å². The van der Waals surface area contributed by atoms with Crippen molar-refractivity contribution in [2.45, 2.75) is 72.4 Å². The second-order valence-corrected chi connectivity index (χ2v) is 11.4. The molecule has 4 amide bonds. The van der Waals surface area contributed by atoms with Gasteiger partial charge in [0, 0.05) is 13.1 Å². The molecule has 0 spiro atoms. The minimum Gasteiger partial charge on any atom is -0.338 e. The zero-order valence-corrected chi connectivity index (χ0v) is 24.3. The molecule has 0 saturated heterocycles. The van der Waals surface area contributed by atoms with Gasteiger partial charge in [0.05, 0.1) is 11.1 Å². The first-order chi connectivity index (χ1) is 17.7. The van der Waals surface area contributed by atoms with Gasteiger partial charge < -0.3 is 21.3 Å². The summed E-state index contributed by atoms with van der Waals surface area (Å²) >= 11 is 0. The van der Waals surface area contributed by atoms with Gasteiger partial charge >= 0.3 is 12.1 Å². The van der Waals surface area contributed by atoms with Crippen LogP contribution in [-0.4, -0.2) is 25.2 Å². The van der Waals surface area contributed by atoms with E-state index in [0.717, 1.165) is 46.2 Å². The Kier molecular flexibility index (Phi) is 10.7. The first-order valence-electron chi connectivity index (χ1n) is 13.4. The summed E-state index contributed by atoms with van der Waals surface area (Å²) in [5.41, 5.74) is 5.13. The molecule has 6 nitrogen and oxygen atoms in total. The molecule has 1 atom stereocenters. The van der Waals surface area contributed by atoms with Crippen LogP contribution >= 0.6 is 0 Å². The number of nitrogens with one attached hydrogen (secondary N) is 4. The summed E-state index contributed by atoms with van der Waals surface area (Å²) in [6.45, 7) is 23.1. The number of hydrogen-bond acceptors (Lipinski definition) is 2. The van der Waals surface area contributed by atoms with E-state index in [1.54, 1.807) is 0 Å². The third-order valence-corrected chi connectivity index (χ3v) is 6.78. The van der Waals surface area contributed by atoms with Crippen LogP contribution in [0.5, 0.6) is 0 Å². The molecule has 0 saturated carbocycles. The van der Waals surface area contributed by atoms with Gasteiger partial charge in [-0.25, -0.2) is 9.59 Å². The SMILES string of the molecule is C=C(C)c1cccc(C(C)(C)NC(=O)NCCCC(C)CNC(=O)NC(C)(C)c2cccc(C(=C)C)c2)c1. The van der Waals surface area contributed by atoms with Gasteiger partial charge in [0.1, 0.15) is 0 Å². The second-order valence-electron chi connectivity index (χ2n) is 11.4. The van der Waals surface area contributed by atoms with Crippen molar-refractivity contribution in [1.82, 2.24) is 21.3 Å². The van der Waals surface area contributed by atoms with Gasteiger partial charge in [0.2, 0.25) is 0 Å². The Labute approximate surface area is 229 Å². The van der Waals surface area contributed by atoms with Crippen LogP contribution in [0.3, 0.4) is 0 Å². The van der Waals surface area contributed by atoms with E-state index in [1.165, 1.54) is 0 Å². The van der Waals surface area contributed by atoms with Crippen molar-refractivity contribution in [2.24, 2.45) is 5.92 Å². The largest absolute Gasteiger partial charge is 0.338 e. The highest BCUT2D eigenvalue weighted by molar-refractivity contribution is 5.75. The van der Waals surface area contributed by atoms with Crippen molar-refractivity contribution in [3.63, 3.8) is 0 Å². The fourth-order valence-corrected chi connectivity index (χ4v) is 4.17. The van der Waals surface area contributed by atoms with Crippen LogP contribution in [0.1, 0.15) is 83.6 Å². The summed E-state index contributed by atoms with van der Waals surface area (Å²) in [5, 5.41) is 12.1. The van der Waals surface area contributed by atoms with Crippen molar-refractivity contribution in [3.05, 3.63) is 83.9 Å². The summed E-state index contributed by atoms with van der Waals surface area (Å²) in [4.78, 5) is 25.1. The summed E-state index contributed by atoms with van der Waals surface area (Å²) in [7, 11) is 0. The number of rotatable bonds is 12. The molecule has 0 aliphatic heterocycles. The minimum atomic E-state index is -0.518. The molecule has 0 heterocycles. The number of allylic oxidation sites excluding steroid dienone is 2. The molecule has 2 aromatic rings. The molecule has 206 valence electrons. The van der Waals surface area contributed by atoms with Gasteiger partial charge in [0.25, 0.3) is 0 Å². The third-order valence-electron chi connectivity index (χ3n) is 6.78. The van der Waals surface area contributed by atoms with Crippen molar-refractivity contribution >= 4 is 23.2 Å². The Hall–Kier alpha value is -3.54. The lowest BCUT2D eigenvalue weighted by Gasteiger charge is -2.28. The van der Waals surface area contributed by atoms with E-state index in [1.807, 2.05) is 77.9 Å². The number of carbonyl (C=O) groups excluding carboxylic acids is 2. The van der Waals surface area contributed by atoms with Crippen molar-refractivity contribution in [1.29, 1.82) is 0 Å². The number of benzene rings is 2. The fourth-order valence-electron chi connectivity index (χ4n) is 4.17. The van der Waals surface area contributed by atoms with Crippen LogP contribution in [0.25, 0.3) is 11.1 Å². The average molecular weight is 519 g/mol. The first-order valence-corrected chi connectivity index (χ1v) is 13.4. The lowest BCUT2D eigenvalue weighted by Crippen LogP contribution is -2.47. The maximum atomic E-state index is 12.6. The van der Waals surface area contributed by atoms with E-state index < -0.39 is 11.1 Å². The Morgan fingerprint density at radius 2 is 1.24 bits per heavy atom. The smallest absolute Gasteiger partial charge is 0.315 e. The molecule has 0 aliphatic carbocycles. The maximum absolute atomic E-state index is 12.6. The van der Waals surface area contributed by atoms with Crippen LogP contribution in [0, 0.1) is 5.92 Å². The van der Waals surface area contributed by atoms with E-state index in [9.17, 15) is 9.59 Å². The summed E-state index contributed by atoms with van der Waals surface area (Å²) < 4.78 is 0. The molecule has 2 rings (SSSR count). The van der Waals surface area contributed by atoms with Gasteiger partial charge in [-0.1, -0.05) is 67.6 Å². The molecular formula is C32H46N4O2. The zero-order chi connectivity index (χ0) is 28.5. The summed E-state index contributed by atoms with van der Waals surface area (Å²) in [6.07, 6.45) is 1.71. The highest BCUT2D eigenvalue weighted by Gasteiger charge is 2.24. The molecule has 2 aromatic carbocycles. The average Bonchev–Trinajstić information content (AvgIpc) is 2.85. The second kappa shape index (κ2) is 13.3. The van der Waals surface area contributed by atoms with E-state index in [4.69, 9.17) is 0 Å². The van der Waals surface area contributed by atoms with Crippen molar-refractivity contribution < 1.29 is 9.59 Å². The third kappa shape index (κ3) is 9.40. The number of urea groups is 2. The Morgan fingerprint density at radius 1 is 0.789 bits per heavy atom. The normalized spacial score (nSPS) is 12.3. The van der Waals surface area contributed by atoms with E-state index >= 15 is 0 Å². The molecule has 0 bridgehead atoms. The van der Waals surface area contributed by atoms with Gasteiger partial charge in [0.15, 0.2) is 0 Å². The van der Waals surface area contributed by atoms with Gasteiger partial charge in [-0.05, 0) is 94.7 Å². The highest BCUT2D eigenvalue weighted by Crippen LogP contribution is 2.24. The van der Waals surface area contributed by atoms with Crippen LogP contribution in [0.4, 0.5) is 9.59 Å². The van der Waals surface area contributed by atoms with Crippen LogP contribution in [0.2, 0.25) is 0 Å².